The van der Waals surface area contributed by atoms with Gasteiger partial charge in [0.2, 0.25) is 12.7 Å². The number of carbonyl (C=O) groups excluding carboxylic acids is 2. The highest BCUT2D eigenvalue weighted by Crippen LogP contribution is 2.32. The first-order valence-corrected chi connectivity index (χ1v) is 11.1. The van der Waals surface area contributed by atoms with E-state index in [1.165, 1.54) is 11.3 Å². The van der Waals surface area contributed by atoms with Gasteiger partial charge in [-0.1, -0.05) is 42.5 Å². The van der Waals surface area contributed by atoms with Crippen molar-refractivity contribution in [3.63, 3.8) is 0 Å². The van der Waals surface area contributed by atoms with Crippen molar-refractivity contribution in [1.29, 1.82) is 0 Å². The number of amides is 2. The van der Waals surface area contributed by atoms with E-state index in [0.29, 0.717) is 35.9 Å². The summed E-state index contributed by atoms with van der Waals surface area (Å²) >= 11 is 1.36. The summed E-state index contributed by atoms with van der Waals surface area (Å²) in [4.78, 5) is 28.5. The second-order valence-electron chi connectivity index (χ2n) is 7.23. The smallest absolute Gasteiger partial charge is 0.262 e. The lowest BCUT2D eigenvalue weighted by atomic mass is 10.0. The Balaban J connectivity index is 1.52. The molecule has 2 heterocycles. The molecular formula is C24H24N2O4S. The monoisotopic (exact) mass is 436 g/mol. The van der Waals surface area contributed by atoms with Crippen molar-refractivity contribution in [2.75, 3.05) is 13.3 Å². The molecule has 4 rings (SSSR count). The second kappa shape index (κ2) is 9.66. The highest BCUT2D eigenvalue weighted by Gasteiger charge is 2.27. The summed E-state index contributed by atoms with van der Waals surface area (Å²) in [6.45, 7) is 3.09. The van der Waals surface area contributed by atoms with Crippen LogP contribution in [0.25, 0.3) is 0 Å². The van der Waals surface area contributed by atoms with Crippen LogP contribution in [0.2, 0.25) is 0 Å². The molecule has 6 nitrogen and oxygen atoms in total. The fourth-order valence-electron chi connectivity index (χ4n) is 3.51. The third-order valence-corrected chi connectivity index (χ3v) is 6.00. The van der Waals surface area contributed by atoms with Crippen molar-refractivity contribution >= 4 is 23.2 Å². The quantitative estimate of drug-likeness (QED) is 0.582. The van der Waals surface area contributed by atoms with Crippen LogP contribution in [0, 0.1) is 0 Å². The lowest BCUT2D eigenvalue weighted by molar-refractivity contribution is -0.133. The van der Waals surface area contributed by atoms with Gasteiger partial charge in [0.15, 0.2) is 11.5 Å². The van der Waals surface area contributed by atoms with E-state index in [0.717, 1.165) is 11.1 Å². The fraction of sp³-hybridized carbons (Fsp3) is 0.250. The number of hydrogen-bond donors (Lipinski definition) is 1. The third kappa shape index (κ3) is 5.06. The number of nitrogens with one attached hydrogen (secondary N) is 1. The molecule has 1 unspecified atom stereocenters. The average Bonchev–Trinajstić information content (AvgIpc) is 3.49. The minimum absolute atomic E-state index is 0.117. The zero-order valence-corrected chi connectivity index (χ0v) is 18.1. The standard InChI is InChI=1S/C24H24N2O4S/c1-2-26(15-18-10-11-20-21(14-18)30-16-29-20)24(28)19(13-17-7-4-3-5-8-17)25-23(27)22-9-6-12-31-22/h3-12,14,19H,2,13,15-16H2,1H3,(H,25,27). The normalized spacial score (nSPS) is 12.9. The first kappa shape index (κ1) is 20.9. The maximum absolute atomic E-state index is 13.5. The zero-order valence-electron chi connectivity index (χ0n) is 17.2. The lowest BCUT2D eigenvalue weighted by Gasteiger charge is -2.27. The van der Waals surface area contributed by atoms with Crippen LogP contribution >= 0.6 is 11.3 Å². The number of fused-ring (bicyclic) bond motifs is 1. The van der Waals surface area contributed by atoms with Gasteiger partial charge < -0.3 is 19.7 Å². The van der Waals surface area contributed by atoms with Gasteiger partial charge >= 0.3 is 0 Å². The van der Waals surface area contributed by atoms with E-state index in [-0.39, 0.29) is 18.6 Å². The van der Waals surface area contributed by atoms with E-state index < -0.39 is 6.04 Å². The Labute approximate surface area is 185 Å². The van der Waals surface area contributed by atoms with Crippen LogP contribution in [0.5, 0.6) is 11.5 Å². The SMILES string of the molecule is CCN(Cc1ccc2c(c1)OCO2)C(=O)C(Cc1ccccc1)NC(=O)c1cccs1. The van der Waals surface area contributed by atoms with Crippen molar-refractivity contribution < 1.29 is 19.1 Å². The maximum atomic E-state index is 13.5. The largest absolute Gasteiger partial charge is 0.454 e. The number of rotatable bonds is 8. The van der Waals surface area contributed by atoms with Gasteiger partial charge in [-0.15, -0.1) is 11.3 Å². The molecule has 1 aliphatic heterocycles. The van der Waals surface area contributed by atoms with Crippen LogP contribution in [-0.4, -0.2) is 36.1 Å². The number of thiophene rings is 1. The number of likely N-dealkylation sites (N-methyl/N-ethyl adjacent to an activating group) is 1. The van der Waals surface area contributed by atoms with Gasteiger partial charge in [-0.3, -0.25) is 9.59 Å². The average molecular weight is 437 g/mol. The molecule has 0 bridgehead atoms. The lowest BCUT2D eigenvalue weighted by Crippen LogP contribution is -2.49. The molecule has 2 aromatic carbocycles. The summed E-state index contributed by atoms with van der Waals surface area (Å²) in [6, 6.07) is 18.3. The van der Waals surface area contributed by atoms with Gasteiger partial charge in [0.05, 0.1) is 4.88 Å². The molecule has 1 aliphatic rings. The van der Waals surface area contributed by atoms with Crippen molar-refractivity contribution in [2.24, 2.45) is 0 Å². The minimum atomic E-state index is -0.661. The fourth-order valence-corrected chi connectivity index (χ4v) is 4.14. The van der Waals surface area contributed by atoms with Gasteiger partial charge in [0, 0.05) is 19.5 Å². The first-order chi connectivity index (χ1) is 15.1. The van der Waals surface area contributed by atoms with E-state index >= 15 is 0 Å². The van der Waals surface area contributed by atoms with Crippen molar-refractivity contribution in [3.8, 4) is 11.5 Å². The molecule has 0 saturated carbocycles. The molecule has 1 atom stereocenters. The summed E-state index contributed by atoms with van der Waals surface area (Å²) in [5, 5.41) is 4.79. The van der Waals surface area contributed by atoms with E-state index in [1.54, 1.807) is 11.0 Å². The summed E-state index contributed by atoms with van der Waals surface area (Å²) in [5.41, 5.74) is 1.94. The summed E-state index contributed by atoms with van der Waals surface area (Å²) < 4.78 is 10.8. The molecule has 0 saturated heterocycles. The van der Waals surface area contributed by atoms with Crippen LogP contribution in [0.4, 0.5) is 0 Å². The summed E-state index contributed by atoms with van der Waals surface area (Å²) in [5.74, 6) is 1.05. The van der Waals surface area contributed by atoms with Gasteiger partial charge in [-0.25, -0.2) is 0 Å². The number of carbonyl (C=O) groups is 2. The number of hydrogen-bond acceptors (Lipinski definition) is 5. The van der Waals surface area contributed by atoms with Gasteiger partial charge in [-0.2, -0.15) is 0 Å². The Morgan fingerprint density at radius 1 is 1.03 bits per heavy atom. The molecule has 0 radical (unpaired) electrons. The maximum Gasteiger partial charge on any atom is 0.262 e. The molecule has 31 heavy (non-hydrogen) atoms. The Bertz CT molecular complexity index is 1040. The van der Waals surface area contributed by atoms with Gasteiger partial charge in [0.25, 0.3) is 5.91 Å². The topological polar surface area (TPSA) is 67.9 Å². The Morgan fingerprint density at radius 3 is 2.58 bits per heavy atom. The molecule has 2 amide bonds. The molecule has 160 valence electrons. The molecular weight excluding hydrogens is 412 g/mol. The summed E-state index contributed by atoms with van der Waals surface area (Å²) in [6.07, 6.45) is 0.425. The van der Waals surface area contributed by atoms with Gasteiger partial charge in [-0.05, 0) is 41.6 Å². The number of nitrogens with zero attached hydrogens (tertiary/aromatic N) is 1. The minimum Gasteiger partial charge on any atom is -0.454 e. The van der Waals surface area contributed by atoms with E-state index in [2.05, 4.69) is 5.32 Å². The Morgan fingerprint density at radius 2 is 1.84 bits per heavy atom. The first-order valence-electron chi connectivity index (χ1n) is 10.2. The van der Waals surface area contributed by atoms with E-state index in [9.17, 15) is 9.59 Å². The molecule has 0 fully saturated rings. The molecule has 1 aromatic heterocycles. The van der Waals surface area contributed by atoms with Crippen LogP contribution in [-0.2, 0) is 17.8 Å². The molecule has 7 heteroatoms. The van der Waals surface area contributed by atoms with Crippen molar-refractivity contribution in [2.45, 2.75) is 25.9 Å². The summed E-state index contributed by atoms with van der Waals surface area (Å²) in [7, 11) is 0. The van der Waals surface area contributed by atoms with Crippen LogP contribution in [0.1, 0.15) is 27.7 Å². The van der Waals surface area contributed by atoms with Gasteiger partial charge in [0.1, 0.15) is 6.04 Å². The van der Waals surface area contributed by atoms with Crippen molar-refractivity contribution in [3.05, 3.63) is 82.0 Å². The number of benzene rings is 2. The third-order valence-electron chi connectivity index (χ3n) is 5.13. The molecule has 3 aromatic rings. The predicted molar refractivity (Wildman–Crippen MR) is 119 cm³/mol. The van der Waals surface area contributed by atoms with Crippen LogP contribution in [0.15, 0.2) is 66.0 Å². The second-order valence-corrected chi connectivity index (χ2v) is 8.18. The molecule has 1 N–H and O–H groups in total. The Hall–Kier alpha value is -3.32. The Kier molecular flexibility index (Phi) is 6.52. The van der Waals surface area contributed by atoms with Crippen LogP contribution in [0.3, 0.4) is 0 Å². The zero-order chi connectivity index (χ0) is 21.6. The molecule has 0 spiro atoms. The van der Waals surface area contributed by atoms with E-state index in [1.807, 2.05) is 66.9 Å². The highest BCUT2D eigenvalue weighted by molar-refractivity contribution is 7.12. The molecule has 0 aliphatic carbocycles. The predicted octanol–water partition coefficient (Wildman–Crippen LogP) is 3.87. The highest BCUT2D eigenvalue weighted by atomic mass is 32.1. The van der Waals surface area contributed by atoms with Crippen LogP contribution < -0.4 is 14.8 Å². The number of ether oxygens (including phenoxy) is 2. The van der Waals surface area contributed by atoms with Crippen molar-refractivity contribution in [1.82, 2.24) is 10.2 Å². The van der Waals surface area contributed by atoms with E-state index in [4.69, 9.17) is 9.47 Å².